The lowest BCUT2D eigenvalue weighted by atomic mass is 9.95. The summed E-state index contributed by atoms with van der Waals surface area (Å²) in [6.07, 6.45) is 3.55. The highest BCUT2D eigenvalue weighted by molar-refractivity contribution is 7.55. The molecule has 5 heteroatoms. The molecule has 250 valence electrons. The molecule has 0 bridgehead atoms. The van der Waals surface area contributed by atoms with Crippen LogP contribution >= 0.6 is 7.53 Å². The van der Waals surface area contributed by atoms with Gasteiger partial charge in [0.25, 0.3) is 0 Å². The zero-order valence-corrected chi connectivity index (χ0v) is 29.8. The van der Waals surface area contributed by atoms with Gasteiger partial charge in [0, 0.05) is 28.6 Å². The number of nitrogens with one attached hydrogen (secondary N) is 2. The van der Waals surface area contributed by atoms with Gasteiger partial charge >= 0.3 is 0 Å². The van der Waals surface area contributed by atoms with Crippen molar-refractivity contribution in [1.29, 1.82) is 0 Å². The number of hydrogen-bond acceptors (Lipinski definition) is 4. The lowest BCUT2D eigenvalue weighted by molar-refractivity contribution is 0.630. The van der Waals surface area contributed by atoms with Gasteiger partial charge in [-0.15, -0.1) is 7.53 Å². The average Bonchev–Trinajstić information content (AvgIpc) is 3.85. The fourth-order valence-corrected chi connectivity index (χ4v) is 11.1. The molecule has 1 aromatic heterocycles. The maximum Gasteiger partial charge on any atom is 0.130 e. The molecule has 2 aliphatic heterocycles. The second kappa shape index (κ2) is 11.5. The standard InChI is InChI=1S/C47H37N4P/c1-52-44-28-42-40(48-46(50(42)36-16-4-2-5-17-36)34-22-20-30-12-8-10-14-32(30)24-34)26-38(44)39-27-41-43(29-45(39)52)51(37-18-6-3-7-19-37)47(49-41)35-23-21-31-13-9-11-15-33(31)25-35/h2-28,43,46-49H,29H2,1H3. The van der Waals surface area contributed by atoms with E-state index in [4.69, 9.17) is 0 Å². The van der Waals surface area contributed by atoms with Crippen LogP contribution in [0.5, 0.6) is 0 Å². The predicted molar refractivity (Wildman–Crippen MR) is 221 cm³/mol. The van der Waals surface area contributed by atoms with Crippen LogP contribution in [0.25, 0.3) is 38.1 Å². The second-order valence-electron chi connectivity index (χ2n) is 14.4. The summed E-state index contributed by atoms with van der Waals surface area (Å²) in [7, 11) is -0.502. The number of hydrogen-bond donors (Lipinski definition) is 2. The molecule has 3 heterocycles. The molecule has 2 N–H and O–H groups in total. The zero-order chi connectivity index (χ0) is 34.3. The third-order valence-corrected chi connectivity index (χ3v) is 13.8. The number of para-hydroxylation sites is 2. The van der Waals surface area contributed by atoms with Gasteiger partial charge in [0.15, 0.2) is 0 Å². The van der Waals surface area contributed by atoms with Crippen LogP contribution in [0.15, 0.2) is 163 Å². The Morgan fingerprint density at radius 1 is 0.577 bits per heavy atom. The summed E-state index contributed by atoms with van der Waals surface area (Å²) in [5, 5.41) is 17.6. The first-order valence-electron chi connectivity index (χ1n) is 18.2. The second-order valence-corrected chi connectivity index (χ2v) is 16.5. The van der Waals surface area contributed by atoms with Crippen LogP contribution in [-0.4, -0.2) is 6.04 Å². The van der Waals surface area contributed by atoms with Gasteiger partial charge in [0.1, 0.15) is 12.3 Å². The molecule has 0 spiro atoms. The number of anilines is 4. The molecule has 3 aliphatic rings. The van der Waals surface area contributed by atoms with Crippen molar-refractivity contribution in [3.05, 3.63) is 185 Å². The molecular weight excluding hydrogens is 652 g/mol. The minimum atomic E-state index is -0.502. The first kappa shape index (κ1) is 29.7. The summed E-state index contributed by atoms with van der Waals surface area (Å²) < 4.78 is 0. The zero-order valence-electron chi connectivity index (χ0n) is 28.9. The first-order chi connectivity index (χ1) is 25.7. The van der Waals surface area contributed by atoms with Crippen molar-refractivity contribution in [2.24, 2.45) is 6.66 Å². The third kappa shape index (κ3) is 4.54. The lowest BCUT2D eigenvalue weighted by Crippen LogP contribution is -2.35. The van der Waals surface area contributed by atoms with Crippen LogP contribution in [0, 0.1) is 0 Å². The molecule has 0 amide bonds. The van der Waals surface area contributed by atoms with Gasteiger partial charge in [-0.2, -0.15) is 0 Å². The van der Waals surface area contributed by atoms with Crippen LogP contribution in [0.1, 0.15) is 34.3 Å². The molecule has 0 radical (unpaired) electrons. The highest BCUT2D eigenvalue weighted by Gasteiger charge is 2.41. The molecule has 4 unspecified atom stereocenters. The number of aryl methyl sites for hydroxylation is 1. The van der Waals surface area contributed by atoms with Gasteiger partial charge in [-0.25, -0.2) is 0 Å². The van der Waals surface area contributed by atoms with Crippen LogP contribution in [0.4, 0.5) is 22.7 Å². The summed E-state index contributed by atoms with van der Waals surface area (Å²) in [6, 6.07) is 58.2. The average molecular weight is 689 g/mol. The number of fused-ring (bicyclic) bond motifs is 7. The Morgan fingerprint density at radius 2 is 1.17 bits per heavy atom. The monoisotopic (exact) mass is 688 g/mol. The van der Waals surface area contributed by atoms with E-state index in [1.807, 2.05) is 0 Å². The Kier molecular flexibility index (Phi) is 6.59. The summed E-state index contributed by atoms with van der Waals surface area (Å²) in [4.78, 5) is 5.12. The molecule has 1 fully saturated rings. The molecule has 1 aliphatic carbocycles. The van der Waals surface area contributed by atoms with Gasteiger partial charge in [0.2, 0.25) is 0 Å². The van der Waals surface area contributed by atoms with E-state index in [1.54, 1.807) is 5.30 Å². The smallest absolute Gasteiger partial charge is 0.130 e. The molecule has 52 heavy (non-hydrogen) atoms. The van der Waals surface area contributed by atoms with Crippen molar-refractivity contribution in [3.8, 4) is 0 Å². The van der Waals surface area contributed by atoms with E-state index in [0.717, 1.165) is 6.42 Å². The Balaban J connectivity index is 1.03. The van der Waals surface area contributed by atoms with Crippen LogP contribution < -0.4 is 20.4 Å². The van der Waals surface area contributed by atoms with E-state index >= 15 is 0 Å². The summed E-state index contributed by atoms with van der Waals surface area (Å²) in [6.45, 7) is 2.48. The highest BCUT2D eigenvalue weighted by Crippen LogP contribution is 2.56. The quantitative estimate of drug-likeness (QED) is 0.193. The summed E-state index contributed by atoms with van der Waals surface area (Å²) >= 11 is 0. The Labute approximate surface area is 304 Å². The summed E-state index contributed by atoms with van der Waals surface area (Å²) in [5.41, 5.74) is 10.2. The van der Waals surface area contributed by atoms with Gasteiger partial charge in [-0.05, 0) is 110 Å². The SMILES string of the molecule is Cp1c2c(c3cc4c(cc31)N(c1ccccc1)C(c1ccc3ccccc3c1)N4)C=C1NC(c3ccc4ccccc4c3)N(c3ccccc3)C1C2. The minimum absolute atomic E-state index is 0.00574. The van der Waals surface area contributed by atoms with Gasteiger partial charge < -0.3 is 20.4 Å². The first-order valence-corrected chi connectivity index (χ1v) is 20.0. The van der Waals surface area contributed by atoms with Crippen LogP contribution in [-0.2, 0) is 13.1 Å². The van der Waals surface area contributed by atoms with Crippen LogP contribution in [0.3, 0.4) is 0 Å². The van der Waals surface area contributed by atoms with Crippen molar-refractivity contribution >= 4 is 68.4 Å². The van der Waals surface area contributed by atoms with Crippen molar-refractivity contribution in [2.45, 2.75) is 24.8 Å². The molecule has 4 nitrogen and oxygen atoms in total. The van der Waals surface area contributed by atoms with Gasteiger partial charge in [-0.1, -0.05) is 109 Å². The Hall–Kier alpha value is -5.96. The normalized spacial score (nSPS) is 19.3. The number of benzene rings is 7. The van der Waals surface area contributed by atoms with E-state index in [9.17, 15) is 0 Å². The number of rotatable bonds is 4. The molecule has 11 rings (SSSR count). The number of nitrogens with zero attached hydrogens (tertiary/aromatic N) is 2. The summed E-state index contributed by atoms with van der Waals surface area (Å²) in [5.74, 6) is 0. The van der Waals surface area contributed by atoms with Gasteiger partial charge in [-0.3, -0.25) is 0 Å². The van der Waals surface area contributed by atoms with Crippen molar-refractivity contribution in [3.63, 3.8) is 0 Å². The maximum absolute atomic E-state index is 4.04. The lowest BCUT2D eigenvalue weighted by Gasteiger charge is -2.32. The molecule has 7 aromatic carbocycles. The van der Waals surface area contributed by atoms with Crippen LogP contribution in [0.2, 0.25) is 0 Å². The van der Waals surface area contributed by atoms with E-state index in [1.165, 1.54) is 77.2 Å². The van der Waals surface area contributed by atoms with Gasteiger partial charge in [0.05, 0.1) is 17.4 Å². The predicted octanol–water partition coefficient (Wildman–Crippen LogP) is 12.0. The van der Waals surface area contributed by atoms with Crippen molar-refractivity contribution in [2.75, 3.05) is 15.1 Å². The molecule has 0 saturated carbocycles. The van der Waals surface area contributed by atoms with Crippen molar-refractivity contribution < 1.29 is 0 Å². The fourth-order valence-electron chi connectivity index (χ4n) is 9.00. The highest BCUT2D eigenvalue weighted by atomic mass is 31.1. The fraction of sp³-hybridized carbons (Fsp3) is 0.106. The molecule has 1 saturated heterocycles. The molecule has 4 atom stereocenters. The van der Waals surface area contributed by atoms with E-state index in [0.29, 0.717) is 0 Å². The molecular formula is C47H37N4P. The third-order valence-electron chi connectivity index (χ3n) is 11.5. The minimum Gasteiger partial charge on any atom is -0.363 e. The van der Waals surface area contributed by atoms with E-state index in [-0.39, 0.29) is 18.4 Å². The Bertz CT molecular complexity index is 2710. The van der Waals surface area contributed by atoms with E-state index in [2.05, 4.69) is 191 Å². The largest absolute Gasteiger partial charge is 0.363 e. The topological polar surface area (TPSA) is 30.5 Å². The Morgan fingerprint density at radius 3 is 1.85 bits per heavy atom. The molecule has 8 aromatic rings. The maximum atomic E-state index is 4.04. The van der Waals surface area contributed by atoms with Crippen molar-refractivity contribution in [1.82, 2.24) is 5.32 Å². The van der Waals surface area contributed by atoms with E-state index < -0.39 is 7.53 Å².